The van der Waals surface area contributed by atoms with E-state index in [-0.39, 0.29) is 0 Å². The maximum Gasteiger partial charge on any atom is 0.505 e. The van der Waals surface area contributed by atoms with E-state index in [2.05, 4.69) is 120 Å². The Morgan fingerprint density at radius 1 is 0.533 bits per heavy atom. The second-order valence-electron chi connectivity index (χ2n) is 10.6. The highest BCUT2D eigenvalue weighted by Crippen LogP contribution is 2.26. The van der Waals surface area contributed by atoms with Gasteiger partial charge in [0.2, 0.25) is 0 Å². The van der Waals surface area contributed by atoms with Crippen molar-refractivity contribution in [3.05, 3.63) is 65.7 Å². The van der Waals surface area contributed by atoms with E-state index in [0.29, 0.717) is 0 Å². The fourth-order valence-electron chi connectivity index (χ4n) is 3.04. The SMILES string of the molecule is C[Si](C)(C)O[Si](O[Si](C)(C)C)(O[Si](C)(C)C)c1cccc(/C=C/c2ccccc2)c1. The summed E-state index contributed by atoms with van der Waals surface area (Å²) in [5, 5.41) is 1.07. The molecule has 0 saturated heterocycles. The van der Waals surface area contributed by atoms with Crippen molar-refractivity contribution in [2.45, 2.75) is 58.9 Å². The van der Waals surface area contributed by atoms with Gasteiger partial charge in [0, 0.05) is 5.19 Å². The van der Waals surface area contributed by atoms with Crippen molar-refractivity contribution in [3.63, 3.8) is 0 Å². The lowest BCUT2D eigenvalue weighted by Gasteiger charge is -2.42. The van der Waals surface area contributed by atoms with Gasteiger partial charge >= 0.3 is 8.80 Å². The van der Waals surface area contributed by atoms with Crippen LogP contribution in [0.25, 0.3) is 12.2 Å². The molecule has 0 bridgehead atoms. The predicted octanol–water partition coefficient (Wildman–Crippen LogP) is 6.56. The lowest BCUT2D eigenvalue weighted by molar-refractivity contribution is 0.273. The zero-order chi connectivity index (χ0) is 22.6. The van der Waals surface area contributed by atoms with E-state index in [0.717, 1.165) is 10.8 Å². The van der Waals surface area contributed by atoms with Crippen LogP contribution in [0.15, 0.2) is 54.6 Å². The average Bonchev–Trinajstić information content (AvgIpc) is 2.56. The Balaban J connectivity index is 2.54. The summed E-state index contributed by atoms with van der Waals surface area (Å²) in [6.07, 6.45) is 4.29. The topological polar surface area (TPSA) is 27.7 Å². The minimum Gasteiger partial charge on any atom is -0.414 e. The van der Waals surface area contributed by atoms with Crippen LogP contribution in [0.2, 0.25) is 58.9 Å². The molecule has 7 heteroatoms. The molecule has 2 rings (SSSR count). The zero-order valence-electron chi connectivity index (χ0n) is 20.1. The molecule has 0 atom stereocenters. The monoisotopic (exact) mass is 474 g/mol. The molecule has 0 aliphatic rings. The predicted molar refractivity (Wildman–Crippen MR) is 140 cm³/mol. The van der Waals surface area contributed by atoms with Crippen LogP contribution < -0.4 is 5.19 Å². The summed E-state index contributed by atoms with van der Waals surface area (Å²) in [7, 11) is -8.84. The molecule has 3 nitrogen and oxygen atoms in total. The minimum atomic E-state index is -3.07. The summed E-state index contributed by atoms with van der Waals surface area (Å²) in [6, 6.07) is 18.9. The van der Waals surface area contributed by atoms with Crippen LogP contribution >= 0.6 is 0 Å². The first-order valence-electron chi connectivity index (χ1n) is 10.6. The molecule has 0 saturated carbocycles. The molecule has 164 valence electrons. The summed E-state index contributed by atoms with van der Waals surface area (Å²) < 4.78 is 20.6. The van der Waals surface area contributed by atoms with Gasteiger partial charge in [-0.05, 0) is 76.1 Å². The summed E-state index contributed by atoms with van der Waals surface area (Å²) >= 11 is 0. The Hall–Kier alpha value is -1.07. The van der Waals surface area contributed by atoms with Gasteiger partial charge in [-0.1, -0.05) is 60.7 Å². The van der Waals surface area contributed by atoms with Gasteiger partial charge < -0.3 is 12.3 Å². The van der Waals surface area contributed by atoms with Crippen molar-refractivity contribution in [2.75, 3.05) is 0 Å². The van der Waals surface area contributed by atoms with Gasteiger partial charge in [-0.3, -0.25) is 0 Å². The van der Waals surface area contributed by atoms with E-state index >= 15 is 0 Å². The molecule has 30 heavy (non-hydrogen) atoms. The molecule has 0 aromatic heterocycles. The average molecular weight is 475 g/mol. The first-order chi connectivity index (χ1) is 13.7. The summed E-state index contributed by atoms with van der Waals surface area (Å²) in [4.78, 5) is 0. The van der Waals surface area contributed by atoms with Gasteiger partial charge in [-0.15, -0.1) is 0 Å². The summed E-state index contributed by atoms with van der Waals surface area (Å²) in [6.45, 7) is 20.0. The van der Waals surface area contributed by atoms with E-state index in [1.807, 2.05) is 6.07 Å². The molecule has 0 radical (unpaired) electrons. The Morgan fingerprint density at radius 2 is 0.967 bits per heavy atom. The third kappa shape index (κ3) is 8.58. The van der Waals surface area contributed by atoms with Crippen LogP contribution in [0.5, 0.6) is 0 Å². The van der Waals surface area contributed by atoms with E-state index < -0.39 is 33.8 Å². The van der Waals surface area contributed by atoms with E-state index in [1.165, 1.54) is 5.56 Å². The quantitative estimate of drug-likeness (QED) is 0.304. The molecular formula is C23H38O3Si4. The number of hydrogen-bond donors (Lipinski definition) is 0. The fourth-order valence-corrected chi connectivity index (χ4v) is 16.4. The van der Waals surface area contributed by atoms with Crippen LogP contribution in [0.3, 0.4) is 0 Å². The van der Waals surface area contributed by atoms with Crippen LogP contribution in [0, 0.1) is 0 Å². The molecule has 0 aliphatic carbocycles. The van der Waals surface area contributed by atoms with Crippen molar-refractivity contribution in [2.24, 2.45) is 0 Å². The van der Waals surface area contributed by atoms with Gasteiger partial charge in [0.15, 0.2) is 25.0 Å². The molecule has 0 amide bonds. The Kier molecular flexibility index (Phi) is 8.06. The van der Waals surface area contributed by atoms with Crippen LogP contribution in [0.4, 0.5) is 0 Å². The second kappa shape index (κ2) is 9.60. The lowest BCUT2D eigenvalue weighted by Crippen LogP contribution is -2.67. The summed E-state index contributed by atoms with van der Waals surface area (Å²) in [5.41, 5.74) is 2.31. The molecule has 0 aliphatic heterocycles. The number of benzene rings is 2. The summed E-state index contributed by atoms with van der Waals surface area (Å²) in [5.74, 6) is 0. The zero-order valence-corrected chi connectivity index (χ0v) is 24.1. The first-order valence-corrected chi connectivity index (χ1v) is 22.6. The van der Waals surface area contributed by atoms with Gasteiger partial charge in [-0.2, -0.15) is 0 Å². The van der Waals surface area contributed by atoms with Crippen molar-refractivity contribution in [1.29, 1.82) is 0 Å². The van der Waals surface area contributed by atoms with Crippen LogP contribution in [-0.2, 0) is 12.3 Å². The van der Waals surface area contributed by atoms with Crippen molar-refractivity contribution < 1.29 is 12.3 Å². The van der Waals surface area contributed by atoms with E-state index in [9.17, 15) is 0 Å². The Labute approximate surface area is 187 Å². The smallest absolute Gasteiger partial charge is 0.414 e. The minimum absolute atomic E-state index is 1.07. The number of hydrogen-bond acceptors (Lipinski definition) is 3. The maximum absolute atomic E-state index is 6.86. The Morgan fingerprint density at radius 3 is 1.43 bits per heavy atom. The highest BCUT2D eigenvalue weighted by atomic mass is 28.5. The lowest BCUT2D eigenvalue weighted by atomic mass is 10.1. The molecule has 2 aromatic carbocycles. The first kappa shape index (κ1) is 25.2. The highest BCUT2D eigenvalue weighted by molar-refractivity contribution is 6.95. The second-order valence-corrected chi connectivity index (χ2v) is 27.4. The molecule has 2 aromatic rings. The van der Waals surface area contributed by atoms with Crippen LogP contribution in [0.1, 0.15) is 11.1 Å². The van der Waals surface area contributed by atoms with Crippen molar-refractivity contribution in [1.82, 2.24) is 0 Å². The third-order valence-corrected chi connectivity index (χ3v) is 15.4. The van der Waals surface area contributed by atoms with E-state index in [1.54, 1.807) is 0 Å². The molecular weight excluding hydrogens is 437 g/mol. The van der Waals surface area contributed by atoms with Crippen molar-refractivity contribution in [3.8, 4) is 0 Å². The van der Waals surface area contributed by atoms with Gasteiger partial charge in [0.05, 0.1) is 0 Å². The largest absolute Gasteiger partial charge is 0.505 e. The molecule has 0 fully saturated rings. The molecule has 0 N–H and O–H groups in total. The van der Waals surface area contributed by atoms with Crippen LogP contribution in [-0.4, -0.2) is 33.8 Å². The third-order valence-electron chi connectivity index (χ3n) is 3.83. The molecule has 0 heterocycles. The van der Waals surface area contributed by atoms with Gasteiger partial charge in [0.1, 0.15) is 0 Å². The molecule has 0 spiro atoms. The highest BCUT2D eigenvalue weighted by Gasteiger charge is 2.51. The van der Waals surface area contributed by atoms with E-state index in [4.69, 9.17) is 12.3 Å². The normalized spacial score (nSPS) is 13.8. The fraction of sp³-hybridized carbons (Fsp3) is 0.391. The maximum atomic E-state index is 6.86. The standard InChI is InChI=1S/C23H38O3Si4/c1-27(2,3)24-30(25-28(4,5)6,26-29(7,8)9)23-17-13-16-22(20-23)19-18-21-14-11-10-12-15-21/h10-20H,1-9H3/b19-18+. The van der Waals surface area contributed by atoms with Gasteiger partial charge in [0.25, 0.3) is 0 Å². The molecule has 0 unspecified atom stereocenters. The van der Waals surface area contributed by atoms with Crippen molar-refractivity contribution >= 4 is 51.1 Å². The Bertz CT molecular complexity index is 806. The number of rotatable bonds is 9. The van der Waals surface area contributed by atoms with Gasteiger partial charge in [-0.25, -0.2) is 0 Å².